The third-order valence-electron chi connectivity index (χ3n) is 1.41. The van der Waals surface area contributed by atoms with Gasteiger partial charge in [0.05, 0.1) is 7.11 Å². The van der Waals surface area contributed by atoms with Crippen LogP contribution in [0.2, 0.25) is 0 Å². The van der Waals surface area contributed by atoms with Crippen molar-refractivity contribution >= 4 is 0 Å². The van der Waals surface area contributed by atoms with Crippen molar-refractivity contribution in [3.63, 3.8) is 0 Å². The molecule has 0 unspecified atom stereocenters. The third kappa shape index (κ3) is 2.93. The molecule has 0 heterocycles. The molecule has 0 atom stereocenters. The molecule has 1 rings (SSSR count). The van der Waals surface area contributed by atoms with Crippen LogP contribution in [0.15, 0.2) is 24.3 Å². The molecule has 2 N–H and O–H groups in total. The van der Waals surface area contributed by atoms with Crippen molar-refractivity contribution in [2.45, 2.75) is 20.4 Å². The van der Waals surface area contributed by atoms with Crippen LogP contribution < -0.4 is 10.5 Å². The fraction of sp³-hybridized carbons (Fsp3) is 0.400. The van der Waals surface area contributed by atoms with Crippen molar-refractivity contribution in [3.8, 4) is 5.75 Å². The van der Waals surface area contributed by atoms with Gasteiger partial charge in [-0.15, -0.1) is 0 Å². The Morgan fingerprint density at radius 2 is 1.83 bits per heavy atom. The third-order valence-corrected chi connectivity index (χ3v) is 1.41. The molecule has 1 aromatic rings. The summed E-state index contributed by atoms with van der Waals surface area (Å²) in [5, 5.41) is 0. The molecule has 2 nitrogen and oxygen atoms in total. The minimum Gasteiger partial charge on any atom is -0.496 e. The summed E-state index contributed by atoms with van der Waals surface area (Å²) >= 11 is 0. The minimum absolute atomic E-state index is 0.532. The standard InChI is InChI=1S/C8H11NO.C2H6/c1-10-8-5-3-2-4-7(8)6-9;1-2/h2-5H,6,9H2,1H3;1-2H3. The molecule has 0 aromatic heterocycles. The van der Waals surface area contributed by atoms with Gasteiger partial charge in [-0.2, -0.15) is 0 Å². The highest BCUT2D eigenvalue weighted by Crippen LogP contribution is 2.15. The van der Waals surface area contributed by atoms with Gasteiger partial charge in [0.25, 0.3) is 0 Å². The molecular formula is C10H17NO. The molecule has 68 valence electrons. The summed E-state index contributed by atoms with van der Waals surface area (Å²) in [5.74, 6) is 0.866. The predicted molar refractivity (Wildman–Crippen MR) is 52.2 cm³/mol. The van der Waals surface area contributed by atoms with Crippen molar-refractivity contribution in [1.82, 2.24) is 0 Å². The molecule has 0 spiro atoms. The molecule has 0 saturated carbocycles. The normalized spacial score (nSPS) is 8.33. The lowest BCUT2D eigenvalue weighted by molar-refractivity contribution is 0.410. The van der Waals surface area contributed by atoms with Gasteiger partial charge in [-0.1, -0.05) is 32.0 Å². The van der Waals surface area contributed by atoms with Crippen LogP contribution in [0.4, 0.5) is 0 Å². The quantitative estimate of drug-likeness (QED) is 0.732. The van der Waals surface area contributed by atoms with Crippen LogP contribution in [0.5, 0.6) is 5.75 Å². The van der Waals surface area contributed by atoms with Crippen LogP contribution in [-0.4, -0.2) is 7.11 Å². The Morgan fingerprint density at radius 3 is 2.25 bits per heavy atom. The van der Waals surface area contributed by atoms with E-state index in [0.717, 1.165) is 11.3 Å². The van der Waals surface area contributed by atoms with E-state index in [9.17, 15) is 0 Å². The SMILES string of the molecule is CC.COc1ccccc1CN. The molecule has 0 radical (unpaired) electrons. The van der Waals surface area contributed by atoms with E-state index in [4.69, 9.17) is 10.5 Å². The van der Waals surface area contributed by atoms with Gasteiger partial charge in [0.1, 0.15) is 5.75 Å². The Kier molecular flexibility index (Phi) is 6.11. The zero-order valence-electron chi connectivity index (χ0n) is 8.00. The Hall–Kier alpha value is -1.02. The average molecular weight is 167 g/mol. The number of hydrogen-bond donors (Lipinski definition) is 1. The summed E-state index contributed by atoms with van der Waals surface area (Å²) in [6.45, 7) is 4.53. The van der Waals surface area contributed by atoms with Gasteiger partial charge < -0.3 is 10.5 Å². The highest BCUT2D eigenvalue weighted by Gasteiger charge is 1.95. The molecule has 0 aliphatic heterocycles. The first-order valence-electron chi connectivity index (χ1n) is 4.20. The van der Waals surface area contributed by atoms with E-state index < -0.39 is 0 Å². The second kappa shape index (κ2) is 6.68. The number of nitrogens with two attached hydrogens (primary N) is 1. The van der Waals surface area contributed by atoms with Crippen molar-refractivity contribution in [1.29, 1.82) is 0 Å². The lowest BCUT2D eigenvalue weighted by Gasteiger charge is -2.03. The first-order valence-corrected chi connectivity index (χ1v) is 4.20. The molecule has 0 aliphatic carbocycles. The number of rotatable bonds is 2. The van der Waals surface area contributed by atoms with Crippen LogP contribution >= 0.6 is 0 Å². The van der Waals surface area contributed by atoms with E-state index in [2.05, 4.69) is 0 Å². The monoisotopic (exact) mass is 167 g/mol. The van der Waals surface area contributed by atoms with Crippen molar-refractivity contribution in [2.75, 3.05) is 7.11 Å². The Labute approximate surface area is 74.4 Å². The van der Waals surface area contributed by atoms with Crippen LogP contribution in [-0.2, 0) is 6.54 Å². The summed E-state index contributed by atoms with van der Waals surface area (Å²) in [4.78, 5) is 0. The first kappa shape index (κ1) is 11.0. The topological polar surface area (TPSA) is 35.2 Å². The fourth-order valence-corrected chi connectivity index (χ4v) is 0.872. The molecule has 12 heavy (non-hydrogen) atoms. The number of methoxy groups -OCH3 is 1. The highest BCUT2D eigenvalue weighted by molar-refractivity contribution is 5.32. The van der Waals surface area contributed by atoms with Gasteiger partial charge in [-0.3, -0.25) is 0 Å². The lowest BCUT2D eigenvalue weighted by atomic mass is 10.2. The largest absolute Gasteiger partial charge is 0.496 e. The summed E-state index contributed by atoms with van der Waals surface area (Å²) < 4.78 is 5.06. The van der Waals surface area contributed by atoms with E-state index in [0.29, 0.717) is 6.54 Å². The van der Waals surface area contributed by atoms with Gasteiger partial charge in [0.2, 0.25) is 0 Å². The van der Waals surface area contributed by atoms with E-state index in [1.807, 2.05) is 38.1 Å². The second-order valence-corrected chi connectivity index (χ2v) is 2.02. The summed E-state index contributed by atoms with van der Waals surface area (Å²) in [7, 11) is 1.65. The molecule has 0 amide bonds. The molecule has 0 fully saturated rings. The molecule has 0 bridgehead atoms. The first-order chi connectivity index (χ1) is 5.88. The number of benzene rings is 1. The van der Waals surface area contributed by atoms with Crippen LogP contribution in [0.25, 0.3) is 0 Å². The van der Waals surface area contributed by atoms with Crippen molar-refractivity contribution in [3.05, 3.63) is 29.8 Å². The van der Waals surface area contributed by atoms with Gasteiger partial charge in [0, 0.05) is 12.1 Å². The Bertz CT molecular complexity index is 188. The molecule has 1 aromatic carbocycles. The molecule has 2 heteroatoms. The van der Waals surface area contributed by atoms with E-state index in [-0.39, 0.29) is 0 Å². The zero-order valence-corrected chi connectivity index (χ0v) is 8.00. The van der Waals surface area contributed by atoms with E-state index in [1.54, 1.807) is 7.11 Å². The molecular weight excluding hydrogens is 150 g/mol. The maximum atomic E-state index is 5.45. The lowest BCUT2D eigenvalue weighted by Crippen LogP contribution is -1.98. The van der Waals surface area contributed by atoms with Crippen molar-refractivity contribution < 1.29 is 4.74 Å². The van der Waals surface area contributed by atoms with Crippen LogP contribution in [0, 0.1) is 0 Å². The van der Waals surface area contributed by atoms with E-state index >= 15 is 0 Å². The summed E-state index contributed by atoms with van der Waals surface area (Å²) in [6, 6.07) is 7.74. The Balaban J connectivity index is 0.000000561. The van der Waals surface area contributed by atoms with Gasteiger partial charge in [-0.25, -0.2) is 0 Å². The van der Waals surface area contributed by atoms with Gasteiger partial charge in [0.15, 0.2) is 0 Å². The average Bonchev–Trinajstić information content (AvgIpc) is 2.20. The fourth-order valence-electron chi connectivity index (χ4n) is 0.872. The maximum Gasteiger partial charge on any atom is 0.123 e. The van der Waals surface area contributed by atoms with Crippen LogP contribution in [0.1, 0.15) is 19.4 Å². The number of para-hydroxylation sites is 1. The minimum atomic E-state index is 0.532. The van der Waals surface area contributed by atoms with Gasteiger partial charge in [-0.05, 0) is 6.07 Å². The maximum absolute atomic E-state index is 5.45. The van der Waals surface area contributed by atoms with Gasteiger partial charge >= 0.3 is 0 Å². The Morgan fingerprint density at radius 1 is 1.25 bits per heavy atom. The second-order valence-electron chi connectivity index (χ2n) is 2.02. The van der Waals surface area contributed by atoms with E-state index in [1.165, 1.54) is 0 Å². The molecule has 0 aliphatic rings. The van der Waals surface area contributed by atoms with Crippen LogP contribution in [0.3, 0.4) is 0 Å². The summed E-state index contributed by atoms with van der Waals surface area (Å²) in [5.41, 5.74) is 6.49. The highest BCUT2D eigenvalue weighted by atomic mass is 16.5. The number of ether oxygens (including phenoxy) is 1. The zero-order chi connectivity index (χ0) is 9.40. The van der Waals surface area contributed by atoms with Crippen molar-refractivity contribution in [2.24, 2.45) is 5.73 Å². The molecule has 0 saturated heterocycles. The smallest absolute Gasteiger partial charge is 0.123 e. The number of hydrogen-bond acceptors (Lipinski definition) is 2. The summed E-state index contributed by atoms with van der Waals surface area (Å²) in [6.07, 6.45) is 0. The predicted octanol–water partition coefficient (Wildman–Crippen LogP) is 2.18.